The number of ether oxygens (including phenoxy) is 1. The van der Waals surface area contributed by atoms with Crippen LogP contribution in [0, 0.1) is 12.7 Å². The number of carbonyl (C=O) groups excluding carboxylic acids is 1. The topological polar surface area (TPSA) is 42.4 Å². The second kappa shape index (κ2) is 7.03. The van der Waals surface area contributed by atoms with Gasteiger partial charge in [-0.2, -0.15) is 0 Å². The number of halogens is 1. The van der Waals surface area contributed by atoms with Gasteiger partial charge in [0.15, 0.2) is 0 Å². The van der Waals surface area contributed by atoms with Gasteiger partial charge in [0.2, 0.25) is 0 Å². The number of carbonyl (C=O) groups is 1. The summed E-state index contributed by atoms with van der Waals surface area (Å²) in [6.07, 6.45) is 1.48. The smallest absolute Gasteiger partial charge is 0.253 e. The van der Waals surface area contributed by atoms with Crippen molar-refractivity contribution in [3.8, 4) is 5.75 Å². The zero-order chi connectivity index (χ0) is 18.1. The number of piperidine rings is 1. The molecule has 4 nitrogen and oxygen atoms in total. The first-order valence-electron chi connectivity index (χ1n) is 8.67. The predicted molar refractivity (Wildman–Crippen MR) is 100 cm³/mol. The van der Waals surface area contributed by atoms with E-state index in [1.807, 2.05) is 30.0 Å². The minimum Gasteiger partial charge on any atom is -0.490 e. The van der Waals surface area contributed by atoms with Crippen LogP contribution in [-0.2, 0) is 0 Å². The average Bonchev–Trinajstić information content (AvgIpc) is 3.01. The van der Waals surface area contributed by atoms with E-state index >= 15 is 0 Å². The zero-order valence-corrected chi connectivity index (χ0v) is 15.3. The van der Waals surface area contributed by atoms with Crippen molar-refractivity contribution in [1.82, 2.24) is 9.88 Å². The van der Waals surface area contributed by atoms with Crippen LogP contribution in [0.3, 0.4) is 0 Å². The molecule has 0 spiro atoms. The number of aromatic nitrogens is 1. The quantitative estimate of drug-likeness (QED) is 0.685. The molecule has 1 fully saturated rings. The summed E-state index contributed by atoms with van der Waals surface area (Å²) in [5.41, 5.74) is 1.55. The van der Waals surface area contributed by atoms with Gasteiger partial charge in [0.1, 0.15) is 17.7 Å². The predicted octanol–water partition coefficient (Wildman–Crippen LogP) is 4.43. The van der Waals surface area contributed by atoms with Crippen LogP contribution < -0.4 is 4.74 Å². The molecule has 2 heterocycles. The lowest BCUT2D eigenvalue weighted by molar-refractivity contribution is 0.0595. The van der Waals surface area contributed by atoms with Crippen molar-refractivity contribution in [2.45, 2.75) is 25.9 Å². The fourth-order valence-corrected chi connectivity index (χ4v) is 4.08. The third-order valence-corrected chi connectivity index (χ3v) is 5.52. The lowest BCUT2D eigenvalue weighted by Crippen LogP contribution is -2.41. The maximum Gasteiger partial charge on any atom is 0.253 e. The lowest BCUT2D eigenvalue weighted by atomic mass is 10.1. The Kier molecular flexibility index (Phi) is 4.59. The molecule has 3 aromatic rings. The highest BCUT2D eigenvalue weighted by atomic mass is 32.1. The molecule has 1 saturated heterocycles. The Morgan fingerprint density at radius 3 is 2.81 bits per heavy atom. The second-order valence-electron chi connectivity index (χ2n) is 6.48. The molecule has 1 aromatic heterocycles. The Morgan fingerprint density at radius 1 is 1.23 bits per heavy atom. The summed E-state index contributed by atoms with van der Waals surface area (Å²) < 4.78 is 20.2. The van der Waals surface area contributed by atoms with Gasteiger partial charge in [0.25, 0.3) is 5.91 Å². The van der Waals surface area contributed by atoms with Crippen LogP contribution in [0.25, 0.3) is 10.2 Å². The van der Waals surface area contributed by atoms with Gasteiger partial charge in [0.05, 0.1) is 15.2 Å². The van der Waals surface area contributed by atoms with Crippen LogP contribution in [0.2, 0.25) is 0 Å². The molecule has 0 bridgehead atoms. The summed E-state index contributed by atoms with van der Waals surface area (Å²) >= 11 is 1.63. The van der Waals surface area contributed by atoms with Gasteiger partial charge in [-0.1, -0.05) is 6.07 Å². The van der Waals surface area contributed by atoms with E-state index < -0.39 is 0 Å². The molecule has 0 radical (unpaired) electrons. The average molecular weight is 370 g/mol. The van der Waals surface area contributed by atoms with Crippen molar-refractivity contribution < 1.29 is 13.9 Å². The highest BCUT2D eigenvalue weighted by Crippen LogP contribution is 2.24. The molecular formula is C20H19FN2O2S. The number of hydrogen-bond acceptors (Lipinski definition) is 4. The third kappa shape index (κ3) is 3.55. The molecular weight excluding hydrogens is 351 g/mol. The largest absolute Gasteiger partial charge is 0.490 e. The number of likely N-dealkylation sites (tertiary alicyclic amines) is 1. The molecule has 0 aliphatic carbocycles. The van der Waals surface area contributed by atoms with Gasteiger partial charge in [-0.25, -0.2) is 9.37 Å². The summed E-state index contributed by atoms with van der Waals surface area (Å²) in [6, 6.07) is 11.9. The van der Waals surface area contributed by atoms with E-state index in [-0.39, 0.29) is 17.8 Å². The monoisotopic (exact) mass is 370 g/mol. The Balaban J connectivity index is 1.39. The molecule has 4 rings (SSSR count). The molecule has 134 valence electrons. The first-order chi connectivity index (χ1) is 12.6. The fraction of sp³-hybridized carbons (Fsp3) is 0.300. The van der Waals surface area contributed by atoms with Crippen LogP contribution in [-0.4, -0.2) is 35.0 Å². The van der Waals surface area contributed by atoms with E-state index in [1.54, 1.807) is 23.5 Å². The van der Waals surface area contributed by atoms with E-state index in [4.69, 9.17) is 4.74 Å². The molecule has 2 aromatic carbocycles. The van der Waals surface area contributed by atoms with Gasteiger partial charge in [-0.05, 0) is 37.3 Å². The first kappa shape index (κ1) is 17.0. The summed E-state index contributed by atoms with van der Waals surface area (Å²) in [4.78, 5) is 19.1. The summed E-state index contributed by atoms with van der Waals surface area (Å²) in [5.74, 6) is 0.267. The zero-order valence-electron chi connectivity index (χ0n) is 14.4. The highest BCUT2D eigenvalue weighted by molar-refractivity contribution is 7.18. The van der Waals surface area contributed by atoms with E-state index in [0.717, 1.165) is 28.1 Å². The summed E-state index contributed by atoms with van der Waals surface area (Å²) in [5, 5.41) is 1.000. The van der Waals surface area contributed by atoms with Gasteiger partial charge in [-0.15, -0.1) is 11.3 Å². The van der Waals surface area contributed by atoms with Crippen molar-refractivity contribution in [2.24, 2.45) is 0 Å². The molecule has 0 saturated carbocycles. The molecule has 26 heavy (non-hydrogen) atoms. The summed E-state index contributed by atoms with van der Waals surface area (Å²) in [6.45, 7) is 3.23. The number of amides is 1. The maximum atomic E-state index is 13.3. The molecule has 1 aliphatic heterocycles. The van der Waals surface area contributed by atoms with Crippen molar-refractivity contribution in [3.63, 3.8) is 0 Å². The van der Waals surface area contributed by atoms with Crippen LogP contribution in [0.15, 0.2) is 42.5 Å². The third-order valence-electron chi connectivity index (χ3n) is 4.57. The van der Waals surface area contributed by atoms with Gasteiger partial charge >= 0.3 is 0 Å². The molecule has 1 amide bonds. The molecule has 6 heteroatoms. The Hall–Kier alpha value is -2.47. The Bertz CT molecular complexity index is 948. The molecule has 0 atom stereocenters. The second-order valence-corrected chi connectivity index (χ2v) is 7.72. The summed E-state index contributed by atoms with van der Waals surface area (Å²) in [7, 11) is 0. The number of thiazole rings is 1. The number of hydrogen-bond donors (Lipinski definition) is 0. The van der Waals surface area contributed by atoms with Crippen LogP contribution >= 0.6 is 11.3 Å². The minimum absolute atomic E-state index is 0.00419. The maximum absolute atomic E-state index is 13.3. The van der Waals surface area contributed by atoms with E-state index in [9.17, 15) is 9.18 Å². The highest BCUT2D eigenvalue weighted by Gasteiger charge is 2.25. The van der Waals surface area contributed by atoms with Crippen molar-refractivity contribution in [3.05, 3.63) is 58.9 Å². The Morgan fingerprint density at radius 2 is 2.04 bits per heavy atom. The van der Waals surface area contributed by atoms with Crippen LogP contribution in [0.1, 0.15) is 28.2 Å². The number of fused-ring (bicyclic) bond motifs is 1. The fourth-order valence-electron chi connectivity index (χ4n) is 3.27. The number of nitrogens with zero attached hydrogens (tertiary/aromatic N) is 2. The van der Waals surface area contributed by atoms with Gasteiger partial charge in [0, 0.05) is 37.6 Å². The van der Waals surface area contributed by atoms with Crippen molar-refractivity contribution in [1.29, 1.82) is 0 Å². The van der Waals surface area contributed by atoms with Crippen LogP contribution in [0.4, 0.5) is 4.39 Å². The number of benzene rings is 2. The number of rotatable bonds is 3. The lowest BCUT2D eigenvalue weighted by Gasteiger charge is -2.32. The van der Waals surface area contributed by atoms with Gasteiger partial charge < -0.3 is 9.64 Å². The van der Waals surface area contributed by atoms with Gasteiger partial charge in [-0.3, -0.25) is 4.79 Å². The SMILES string of the molecule is Cc1nc2cc(C(=O)N3CCC(Oc4cccc(F)c4)CC3)ccc2s1. The molecule has 0 N–H and O–H groups in total. The van der Waals surface area contributed by atoms with E-state index in [1.165, 1.54) is 12.1 Å². The standard InChI is InChI=1S/C20H19FN2O2S/c1-13-22-18-11-14(5-6-19(18)26-13)20(24)23-9-7-16(8-10-23)25-17-4-2-3-15(21)12-17/h2-6,11-12,16H,7-10H2,1H3. The normalized spacial score (nSPS) is 15.4. The van der Waals surface area contributed by atoms with E-state index in [0.29, 0.717) is 24.4 Å². The molecule has 1 aliphatic rings. The number of aryl methyl sites for hydroxylation is 1. The minimum atomic E-state index is -0.303. The van der Waals surface area contributed by atoms with E-state index in [2.05, 4.69) is 4.98 Å². The first-order valence-corrected chi connectivity index (χ1v) is 9.49. The van der Waals surface area contributed by atoms with Crippen LogP contribution in [0.5, 0.6) is 5.75 Å². The molecule has 0 unspecified atom stereocenters. The van der Waals surface area contributed by atoms with Crippen molar-refractivity contribution >= 4 is 27.5 Å². The van der Waals surface area contributed by atoms with Crippen molar-refractivity contribution in [2.75, 3.05) is 13.1 Å². The Labute approximate surface area is 155 Å².